The van der Waals surface area contributed by atoms with Gasteiger partial charge in [-0.05, 0) is 12.0 Å². The lowest BCUT2D eigenvalue weighted by molar-refractivity contribution is 0.358. The molecule has 4 rings (SSSR count). The summed E-state index contributed by atoms with van der Waals surface area (Å²) in [6, 6.07) is 10.7. The van der Waals surface area contributed by atoms with Gasteiger partial charge in [-0.25, -0.2) is 9.67 Å². The molecule has 0 fully saturated rings. The topological polar surface area (TPSA) is 71.4 Å². The number of hydrogen-bond acceptors (Lipinski definition) is 4. The summed E-state index contributed by atoms with van der Waals surface area (Å²) in [6.07, 6.45) is 5.62. The molecule has 22 heavy (non-hydrogen) atoms. The molecule has 6 nitrogen and oxygen atoms in total. The van der Waals surface area contributed by atoms with Crippen molar-refractivity contribution >= 4 is 0 Å². The molecular weight excluding hydrogens is 276 g/mol. The van der Waals surface area contributed by atoms with Gasteiger partial charge >= 0.3 is 0 Å². The van der Waals surface area contributed by atoms with Crippen LogP contribution in [0, 0.1) is 0 Å². The third kappa shape index (κ3) is 2.53. The maximum Gasteiger partial charge on any atom is 0.138 e. The van der Waals surface area contributed by atoms with Gasteiger partial charge in [0.05, 0.1) is 18.4 Å². The summed E-state index contributed by atoms with van der Waals surface area (Å²) < 4.78 is 1.99. The van der Waals surface area contributed by atoms with Crippen molar-refractivity contribution < 1.29 is 0 Å². The Labute approximate surface area is 128 Å². The molecule has 6 heteroatoms. The van der Waals surface area contributed by atoms with E-state index in [4.69, 9.17) is 0 Å². The normalized spacial score (nSPS) is 17.4. The monoisotopic (exact) mass is 294 g/mol. The van der Waals surface area contributed by atoms with Crippen molar-refractivity contribution in [2.24, 2.45) is 0 Å². The smallest absolute Gasteiger partial charge is 0.138 e. The molecule has 3 aromatic rings. The van der Waals surface area contributed by atoms with Crippen molar-refractivity contribution in [2.45, 2.75) is 32.0 Å². The maximum absolute atomic E-state index is 4.26. The van der Waals surface area contributed by atoms with Gasteiger partial charge in [-0.15, -0.1) is 0 Å². The molecule has 0 saturated heterocycles. The fourth-order valence-corrected chi connectivity index (χ4v) is 2.96. The summed E-state index contributed by atoms with van der Waals surface area (Å²) in [5.74, 6) is 1.09. The molecule has 0 aliphatic carbocycles. The highest BCUT2D eigenvalue weighted by Gasteiger charge is 2.19. The van der Waals surface area contributed by atoms with E-state index in [1.54, 1.807) is 6.33 Å². The van der Waals surface area contributed by atoms with Crippen LogP contribution in [0.2, 0.25) is 0 Å². The van der Waals surface area contributed by atoms with E-state index in [1.165, 1.54) is 11.1 Å². The summed E-state index contributed by atoms with van der Waals surface area (Å²) in [4.78, 5) is 4.26. The predicted molar refractivity (Wildman–Crippen MR) is 83.0 cm³/mol. The zero-order chi connectivity index (χ0) is 14.8. The third-order valence-electron chi connectivity index (χ3n) is 4.17. The van der Waals surface area contributed by atoms with Crippen molar-refractivity contribution in [3.05, 3.63) is 54.2 Å². The quantitative estimate of drug-likeness (QED) is 0.769. The number of aryl methyl sites for hydroxylation is 1. The van der Waals surface area contributed by atoms with E-state index < -0.39 is 0 Å². The van der Waals surface area contributed by atoms with E-state index in [0.717, 1.165) is 37.4 Å². The molecule has 2 aromatic heterocycles. The van der Waals surface area contributed by atoms with Gasteiger partial charge in [-0.3, -0.25) is 5.10 Å². The van der Waals surface area contributed by atoms with Crippen LogP contribution in [0.1, 0.15) is 17.8 Å². The Morgan fingerprint density at radius 1 is 1.27 bits per heavy atom. The summed E-state index contributed by atoms with van der Waals surface area (Å²) in [5.41, 5.74) is 3.44. The Kier molecular flexibility index (Phi) is 3.44. The van der Waals surface area contributed by atoms with Gasteiger partial charge in [-0.1, -0.05) is 30.3 Å². The van der Waals surface area contributed by atoms with Gasteiger partial charge in [0.25, 0.3) is 0 Å². The summed E-state index contributed by atoms with van der Waals surface area (Å²) in [5, 5.41) is 15.2. The second-order valence-corrected chi connectivity index (χ2v) is 5.61. The van der Waals surface area contributed by atoms with Crippen LogP contribution in [0.4, 0.5) is 0 Å². The molecule has 0 spiro atoms. The van der Waals surface area contributed by atoms with Gasteiger partial charge in [-0.2, -0.15) is 10.2 Å². The van der Waals surface area contributed by atoms with Gasteiger partial charge in [0, 0.05) is 24.6 Å². The number of fused-ring (bicyclic) bond motifs is 1. The minimum absolute atomic E-state index is 0.424. The standard InChI is InChI=1S/C16H18N6/c1-2-4-12(5-3-1)16-13(9-19-21-16)8-17-14-6-7-15-18-11-20-22(15)10-14/h1-5,9,11,14,17H,6-8,10H2,(H,19,21)/t14-/m0/s1. The predicted octanol–water partition coefficient (Wildman–Crippen LogP) is 1.77. The first-order valence-electron chi connectivity index (χ1n) is 7.58. The lowest BCUT2D eigenvalue weighted by atomic mass is 10.1. The van der Waals surface area contributed by atoms with Crippen LogP contribution in [0.25, 0.3) is 11.3 Å². The molecule has 0 bridgehead atoms. The highest BCUT2D eigenvalue weighted by atomic mass is 15.3. The van der Waals surface area contributed by atoms with Crippen LogP contribution in [-0.4, -0.2) is 31.0 Å². The molecule has 112 valence electrons. The van der Waals surface area contributed by atoms with Gasteiger partial charge in [0.1, 0.15) is 12.2 Å². The first-order chi connectivity index (χ1) is 10.9. The van der Waals surface area contributed by atoms with Crippen molar-refractivity contribution in [3.63, 3.8) is 0 Å². The Balaban J connectivity index is 1.44. The molecule has 1 atom stereocenters. The maximum atomic E-state index is 4.26. The van der Waals surface area contributed by atoms with E-state index in [9.17, 15) is 0 Å². The highest BCUT2D eigenvalue weighted by Crippen LogP contribution is 2.21. The molecule has 0 radical (unpaired) electrons. The van der Waals surface area contributed by atoms with E-state index in [-0.39, 0.29) is 0 Å². The first kappa shape index (κ1) is 13.2. The van der Waals surface area contributed by atoms with Crippen LogP contribution in [0.3, 0.4) is 0 Å². The Morgan fingerprint density at radius 2 is 2.18 bits per heavy atom. The average molecular weight is 294 g/mol. The molecule has 1 aromatic carbocycles. The Bertz CT molecular complexity index is 745. The minimum Gasteiger partial charge on any atom is -0.308 e. The molecular formula is C16H18N6. The number of aromatic amines is 1. The first-order valence-corrected chi connectivity index (χ1v) is 7.58. The lowest BCUT2D eigenvalue weighted by Gasteiger charge is -2.23. The van der Waals surface area contributed by atoms with Gasteiger partial charge in [0.15, 0.2) is 0 Å². The highest BCUT2D eigenvalue weighted by molar-refractivity contribution is 5.62. The van der Waals surface area contributed by atoms with Crippen LogP contribution >= 0.6 is 0 Å². The van der Waals surface area contributed by atoms with Crippen molar-refractivity contribution in [1.29, 1.82) is 0 Å². The molecule has 0 saturated carbocycles. The second-order valence-electron chi connectivity index (χ2n) is 5.61. The second kappa shape index (κ2) is 5.73. The molecule has 0 unspecified atom stereocenters. The van der Waals surface area contributed by atoms with Gasteiger partial charge < -0.3 is 5.32 Å². The molecule has 0 amide bonds. The third-order valence-corrected chi connectivity index (χ3v) is 4.17. The Hall–Kier alpha value is -2.47. The molecule has 2 N–H and O–H groups in total. The Morgan fingerprint density at radius 3 is 3.09 bits per heavy atom. The van der Waals surface area contributed by atoms with E-state index in [2.05, 4.69) is 37.7 Å². The largest absolute Gasteiger partial charge is 0.308 e. The molecule has 1 aliphatic heterocycles. The number of hydrogen-bond donors (Lipinski definition) is 2. The fourth-order valence-electron chi connectivity index (χ4n) is 2.96. The van der Waals surface area contributed by atoms with E-state index in [0.29, 0.717) is 6.04 Å². The summed E-state index contributed by atoms with van der Waals surface area (Å²) in [6.45, 7) is 1.68. The van der Waals surface area contributed by atoms with E-state index >= 15 is 0 Å². The van der Waals surface area contributed by atoms with Crippen LogP contribution in [0.5, 0.6) is 0 Å². The van der Waals surface area contributed by atoms with Crippen LogP contribution in [0.15, 0.2) is 42.9 Å². The molecule has 1 aliphatic rings. The number of H-pyrrole nitrogens is 1. The van der Waals surface area contributed by atoms with Crippen molar-refractivity contribution in [2.75, 3.05) is 0 Å². The van der Waals surface area contributed by atoms with Crippen molar-refractivity contribution in [1.82, 2.24) is 30.3 Å². The SMILES string of the molecule is c1ccc(-c2[nH]ncc2CN[C@H]2CCc3ncnn3C2)cc1. The number of nitrogens with one attached hydrogen (secondary N) is 2. The zero-order valence-corrected chi connectivity index (χ0v) is 12.2. The average Bonchev–Trinajstić information content (AvgIpc) is 3.22. The molecule has 3 heterocycles. The fraction of sp³-hybridized carbons (Fsp3) is 0.312. The van der Waals surface area contributed by atoms with Crippen LogP contribution in [-0.2, 0) is 19.5 Å². The summed E-state index contributed by atoms with van der Waals surface area (Å²) in [7, 11) is 0. The zero-order valence-electron chi connectivity index (χ0n) is 12.2. The van der Waals surface area contributed by atoms with Crippen LogP contribution < -0.4 is 5.32 Å². The number of nitrogens with zero attached hydrogens (tertiary/aromatic N) is 4. The summed E-state index contributed by atoms with van der Waals surface area (Å²) >= 11 is 0. The van der Waals surface area contributed by atoms with Crippen molar-refractivity contribution in [3.8, 4) is 11.3 Å². The van der Waals surface area contributed by atoms with E-state index in [1.807, 2.05) is 29.1 Å². The number of benzene rings is 1. The van der Waals surface area contributed by atoms with Gasteiger partial charge in [0.2, 0.25) is 0 Å². The number of aromatic nitrogens is 5. The number of rotatable bonds is 4. The minimum atomic E-state index is 0.424. The lowest BCUT2D eigenvalue weighted by Crippen LogP contribution is -2.37.